The van der Waals surface area contributed by atoms with E-state index in [2.05, 4.69) is 0 Å². The standard InChI is InChI=1S/C16H20N/c1-11-6-7-15(13(3)8-11)16-10-12(2)9-14(4)17(16)5/h6-10H,1-5H3/q+1/i1D3,2D3. The minimum atomic E-state index is -2.18. The van der Waals surface area contributed by atoms with Gasteiger partial charge in [0.15, 0.2) is 5.69 Å². The zero-order chi connectivity index (χ0) is 17.6. The van der Waals surface area contributed by atoms with Crippen molar-refractivity contribution in [1.29, 1.82) is 0 Å². The molecule has 17 heavy (non-hydrogen) atoms. The molecule has 0 aliphatic heterocycles. The molecule has 1 nitrogen and oxygen atoms in total. The van der Waals surface area contributed by atoms with Crippen LogP contribution in [0, 0.1) is 27.6 Å². The first-order valence-electron chi connectivity index (χ1n) is 8.54. The van der Waals surface area contributed by atoms with Crippen LogP contribution in [-0.4, -0.2) is 0 Å². The molecular formula is C16H20N+. The normalized spacial score (nSPS) is 17.4. The van der Waals surface area contributed by atoms with Crippen LogP contribution < -0.4 is 4.57 Å². The summed E-state index contributed by atoms with van der Waals surface area (Å²) < 4.78 is 47.2. The van der Waals surface area contributed by atoms with E-state index >= 15 is 0 Å². The van der Waals surface area contributed by atoms with Gasteiger partial charge in [-0.2, -0.15) is 4.57 Å². The molecule has 2 rings (SSSR count). The van der Waals surface area contributed by atoms with Crippen LogP contribution in [0.3, 0.4) is 0 Å². The van der Waals surface area contributed by atoms with E-state index in [1.165, 1.54) is 0 Å². The first-order chi connectivity index (χ1) is 10.4. The van der Waals surface area contributed by atoms with Crippen LogP contribution in [0.5, 0.6) is 0 Å². The van der Waals surface area contributed by atoms with Crippen LogP contribution in [0.2, 0.25) is 0 Å². The summed E-state index contributed by atoms with van der Waals surface area (Å²) in [5.41, 5.74) is 3.78. The highest BCUT2D eigenvalue weighted by Crippen LogP contribution is 2.22. The Kier molecular flexibility index (Phi) is 1.61. The maximum atomic E-state index is 7.62. The van der Waals surface area contributed by atoms with Crippen LogP contribution >= 0.6 is 0 Å². The SMILES string of the molecule is [2H]C([2H])([2H])c1ccc(-c2cc(C([2H])([2H])[2H])cc(C)[n+]2C)c(C)c1. The smallest absolute Gasteiger partial charge is 0.199 e. The molecule has 0 saturated heterocycles. The molecule has 2 aromatic rings. The molecular weight excluding hydrogens is 206 g/mol. The van der Waals surface area contributed by atoms with Crippen LogP contribution in [-0.2, 0) is 7.05 Å². The summed E-state index contributed by atoms with van der Waals surface area (Å²) in [6, 6.07) is 8.27. The Morgan fingerprint density at radius 3 is 2.41 bits per heavy atom. The van der Waals surface area contributed by atoms with Crippen molar-refractivity contribution in [3.05, 3.63) is 52.7 Å². The molecule has 88 valence electrons. The van der Waals surface area contributed by atoms with E-state index in [0.29, 0.717) is 0 Å². The van der Waals surface area contributed by atoms with Crippen molar-refractivity contribution in [2.45, 2.75) is 27.6 Å². The number of pyridine rings is 1. The highest BCUT2D eigenvalue weighted by atomic mass is 14.9. The molecule has 0 atom stereocenters. The van der Waals surface area contributed by atoms with E-state index in [-0.39, 0.29) is 11.1 Å². The van der Waals surface area contributed by atoms with Crippen molar-refractivity contribution >= 4 is 0 Å². The third-order valence-corrected chi connectivity index (χ3v) is 3.05. The summed E-state index contributed by atoms with van der Waals surface area (Å²) >= 11 is 0. The summed E-state index contributed by atoms with van der Waals surface area (Å²) in [4.78, 5) is 0. The van der Waals surface area contributed by atoms with Gasteiger partial charge >= 0.3 is 0 Å². The molecule has 0 saturated carbocycles. The minimum absolute atomic E-state index is 0.280. The zero-order valence-corrected chi connectivity index (χ0v) is 10.3. The molecule has 0 bridgehead atoms. The van der Waals surface area contributed by atoms with Crippen LogP contribution in [0.15, 0.2) is 30.3 Å². The van der Waals surface area contributed by atoms with E-state index < -0.39 is 13.7 Å². The zero-order valence-electron chi connectivity index (χ0n) is 16.3. The third kappa shape index (κ3) is 2.23. The fourth-order valence-electron chi connectivity index (χ4n) is 2.01. The second-order valence-electron chi connectivity index (χ2n) is 4.36. The molecule has 0 aliphatic carbocycles. The van der Waals surface area contributed by atoms with Crippen LogP contribution in [0.4, 0.5) is 0 Å². The molecule has 1 aromatic heterocycles. The minimum Gasteiger partial charge on any atom is -0.199 e. The summed E-state index contributed by atoms with van der Waals surface area (Å²) in [6.45, 7) is -0.644. The van der Waals surface area contributed by atoms with Crippen molar-refractivity contribution in [2.75, 3.05) is 0 Å². The van der Waals surface area contributed by atoms with Gasteiger partial charge in [-0.1, -0.05) is 17.7 Å². The van der Waals surface area contributed by atoms with E-state index in [0.717, 1.165) is 22.5 Å². The first kappa shape index (κ1) is 6.34. The molecule has 0 N–H and O–H groups in total. The lowest BCUT2D eigenvalue weighted by Gasteiger charge is -2.08. The molecule has 0 radical (unpaired) electrons. The van der Waals surface area contributed by atoms with Gasteiger partial charge in [-0.05, 0) is 37.8 Å². The number of rotatable bonds is 1. The largest absolute Gasteiger partial charge is 0.212 e. The highest BCUT2D eigenvalue weighted by molar-refractivity contribution is 5.62. The van der Waals surface area contributed by atoms with Gasteiger partial charge in [0.05, 0.1) is 0 Å². The second-order valence-corrected chi connectivity index (χ2v) is 4.36. The summed E-state index contributed by atoms with van der Waals surface area (Å²) in [6.07, 6.45) is 0. The van der Waals surface area contributed by atoms with Crippen LogP contribution in [0.25, 0.3) is 11.3 Å². The molecule has 0 amide bonds. The van der Waals surface area contributed by atoms with E-state index in [4.69, 9.17) is 8.22 Å². The van der Waals surface area contributed by atoms with Crippen molar-refractivity contribution < 1.29 is 12.8 Å². The highest BCUT2D eigenvalue weighted by Gasteiger charge is 2.14. The maximum Gasteiger partial charge on any atom is 0.212 e. The molecule has 1 heterocycles. The molecule has 1 heteroatoms. The Morgan fingerprint density at radius 2 is 1.76 bits per heavy atom. The number of hydrogen-bond donors (Lipinski definition) is 0. The third-order valence-electron chi connectivity index (χ3n) is 3.05. The van der Waals surface area contributed by atoms with Gasteiger partial charge in [-0.15, -0.1) is 0 Å². The molecule has 0 aliphatic rings. The number of hydrogen-bond acceptors (Lipinski definition) is 0. The average molecular weight is 232 g/mol. The molecule has 0 spiro atoms. The molecule has 1 aromatic carbocycles. The lowest BCUT2D eigenvalue weighted by Crippen LogP contribution is -2.35. The predicted molar refractivity (Wildman–Crippen MR) is 72.0 cm³/mol. The Balaban J connectivity index is 2.65. The van der Waals surface area contributed by atoms with Crippen molar-refractivity contribution in [1.82, 2.24) is 0 Å². The summed E-state index contributed by atoms with van der Waals surface area (Å²) in [7, 11) is 1.87. The number of nitrogens with zero attached hydrogens (tertiary/aromatic N) is 1. The van der Waals surface area contributed by atoms with Gasteiger partial charge in [-0.25, -0.2) is 0 Å². The topological polar surface area (TPSA) is 3.88 Å². The average Bonchev–Trinajstić information content (AvgIpc) is 2.39. The number of aryl methyl sites for hydroxylation is 4. The number of benzene rings is 1. The van der Waals surface area contributed by atoms with Gasteiger partial charge in [0.1, 0.15) is 7.05 Å². The second kappa shape index (κ2) is 4.33. The van der Waals surface area contributed by atoms with Crippen LogP contribution in [0.1, 0.15) is 30.6 Å². The molecule has 0 unspecified atom stereocenters. The summed E-state index contributed by atoms with van der Waals surface area (Å²) in [5, 5.41) is 0. The fraction of sp³-hybridized carbons (Fsp3) is 0.312. The van der Waals surface area contributed by atoms with Gasteiger partial charge in [0, 0.05) is 32.8 Å². The van der Waals surface area contributed by atoms with E-state index in [1.54, 1.807) is 30.3 Å². The maximum absolute atomic E-state index is 7.62. The lowest BCUT2D eigenvalue weighted by atomic mass is 10.0. The van der Waals surface area contributed by atoms with E-state index in [1.807, 2.05) is 25.5 Å². The van der Waals surface area contributed by atoms with Crippen molar-refractivity contribution in [3.63, 3.8) is 0 Å². The monoisotopic (exact) mass is 232 g/mol. The Morgan fingerprint density at radius 1 is 1.00 bits per heavy atom. The fourth-order valence-corrected chi connectivity index (χ4v) is 2.01. The number of aromatic nitrogens is 1. The Hall–Kier alpha value is -1.63. The van der Waals surface area contributed by atoms with Gasteiger partial charge in [-0.3, -0.25) is 0 Å². The molecule has 0 fully saturated rings. The van der Waals surface area contributed by atoms with Crippen molar-refractivity contribution in [2.24, 2.45) is 7.05 Å². The quantitative estimate of drug-likeness (QED) is 0.663. The van der Waals surface area contributed by atoms with Gasteiger partial charge in [0.2, 0.25) is 5.69 Å². The first-order valence-corrected chi connectivity index (χ1v) is 5.54. The summed E-state index contributed by atoms with van der Waals surface area (Å²) in [5.74, 6) is 0. The Bertz CT molecular complexity index is 743. The van der Waals surface area contributed by atoms with Gasteiger partial charge in [0.25, 0.3) is 0 Å². The van der Waals surface area contributed by atoms with Gasteiger partial charge < -0.3 is 0 Å². The van der Waals surface area contributed by atoms with E-state index in [9.17, 15) is 0 Å². The predicted octanol–water partition coefficient (Wildman–Crippen LogP) is 3.41. The van der Waals surface area contributed by atoms with Crippen molar-refractivity contribution in [3.8, 4) is 11.3 Å². The Labute approximate surface area is 112 Å². The lowest BCUT2D eigenvalue weighted by molar-refractivity contribution is -0.666.